The van der Waals surface area contributed by atoms with Crippen LogP contribution in [0.5, 0.6) is 0 Å². The second-order valence-electron chi connectivity index (χ2n) is 16.5. The Hall–Kier alpha value is -7.38. The fourth-order valence-electron chi connectivity index (χ4n) is 6.54. The number of aliphatic carboxylic acids is 8. The van der Waals surface area contributed by atoms with Crippen molar-refractivity contribution in [3.63, 3.8) is 0 Å². The largest absolute Gasteiger partial charge is 0.481 e. The summed E-state index contributed by atoms with van der Waals surface area (Å²) >= 11 is 0.750. The van der Waals surface area contributed by atoms with Crippen LogP contribution >= 0.6 is 11.3 Å². The van der Waals surface area contributed by atoms with Gasteiger partial charge in [0, 0.05) is 25.7 Å². The lowest BCUT2D eigenvalue weighted by Crippen LogP contribution is -2.42. The summed E-state index contributed by atoms with van der Waals surface area (Å²) in [6, 6.07) is 4.73. The van der Waals surface area contributed by atoms with E-state index in [9.17, 15) is 57.5 Å². The van der Waals surface area contributed by atoms with E-state index >= 15 is 0 Å². The molecule has 25 nitrogen and oxygen atoms in total. The highest BCUT2D eigenvalue weighted by Gasteiger charge is 2.58. The summed E-state index contributed by atoms with van der Waals surface area (Å²) in [7, 11) is 0. The second-order valence-corrected chi connectivity index (χ2v) is 17.6. The molecule has 0 spiro atoms. The second kappa shape index (κ2) is 31.6. The molecule has 0 amide bonds. The van der Waals surface area contributed by atoms with Crippen molar-refractivity contribution in [1.29, 1.82) is 0 Å². The van der Waals surface area contributed by atoms with E-state index in [1.165, 1.54) is 12.1 Å². The van der Waals surface area contributed by atoms with Crippen LogP contribution in [0.3, 0.4) is 0 Å². The summed E-state index contributed by atoms with van der Waals surface area (Å²) in [4.78, 5) is 124. The van der Waals surface area contributed by atoms with Crippen LogP contribution in [0.2, 0.25) is 0 Å². The molecule has 3 atom stereocenters. The summed E-state index contributed by atoms with van der Waals surface area (Å²) in [5, 5.41) is 102. The molecule has 0 aliphatic heterocycles. The third-order valence-corrected chi connectivity index (χ3v) is 12.2. The zero-order valence-electron chi connectivity index (χ0n) is 38.6. The van der Waals surface area contributed by atoms with E-state index in [-0.39, 0.29) is 64.7 Å². The molecule has 2 fully saturated rings. The van der Waals surface area contributed by atoms with Crippen LogP contribution < -0.4 is 0 Å². The monoisotopic (exact) mass is 1020 g/mol. The number of unbranched alkanes of at least 4 members (excludes halogenated alkanes) is 2. The lowest BCUT2D eigenvalue weighted by atomic mass is 9.66. The Morgan fingerprint density at radius 1 is 0.529 bits per heavy atom. The van der Waals surface area contributed by atoms with E-state index in [0.29, 0.717) is 64.2 Å². The molecule has 2 heterocycles. The lowest BCUT2D eigenvalue weighted by Gasteiger charge is -2.36. The van der Waals surface area contributed by atoms with E-state index < -0.39 is 88.4 Å². The van der Waals surface area contributed by atoms with Gasteiger partial charge in [-0.3, -0.25) is 38.4 Å². The number of thiophene rings is 1. The molecule has 2 aromatic rings. The quantitative estimate of drug-likeness (QED) is 0.0672. The van der Waals surface area contributed by atoms with Crippen molar-refractivity contribution in [2.24, 2.45) is 34.5 Å². The lowest BCUT2D eigenvalue weighted by molar-refractivity contribution is -0.158. The van der Waals surface area contributed by atoms with Crippen LogP contribution in [0.1, 0.15) is 158 Å². The van der Waals surface area contributed by atoms with Gasteiger partial charge in [-0.25, -0.2) is 19.2 Å². The van der Waals surface area contributed by atoms with Gasteiger partial charge in [0.15, 0.2) is 0 Å². The first-order chi connectivity index (χ1) is 32.2. The minimum atomic E-state index is -1.28. The molecule has 0 radical (unpaired) electrons. The van der Waals surface area contributed by atoms with E-state index in [1.54, 1.807) is 27.7 Å². The Morgan fingerprint density at radius 3 is 1.14 bits per heavy atom. The Bertz CT molecular complexity index is 1970. The minimum absolute atomic E-state index is 0.0439. The smallest absolute Gasteiger partial charge is 0.371 e. The Balaban J connectivity index is 0. The molecule has 26 heteroatoms. The molecule has 12 N–H and O–H groups in total. The fraction of sp³-hybridized carbons (Fsp3) is 0.545. The molecule has 2 aliphatic carbocycles. The maximum atomic E-state index is 11.1. The first-order valence-electron chi connectivity index (χ1n) is 21.1. The van der Waals surface area contributed by atoms with E-state index in [0.717, 1.165) is 23.5 Å². The molecule has 0 saturated heterocycles. The SMILES string of the molecule is CC(CCC(=O)O)CC(=O)O.CC1(C(=O)O)CCC(C(=O)O)C1(C)C.O=C(O)C1CCC(C(=O)O)CC1.O=C(O)CCCCCC(=O)O.O=C(O)c1ccc(C(=O)O)o1.O=C(O)c1ccc(C(=O)O)s1. The molecule has 0 bridgehead atoms. The number of hydrogen-bond acceptors (Lipinski definition) is 14. The average molecular weight is 1020 g/mol. The molecular formula is C44H60O25S. The van der Waals surface area contributed by atoms with Gasteiger partial charge in [-0.15, -0.1) is 11.3 Å². The van der Waals surface area contributed by atoms with Gasteiger partial charge in [0.2, 0.25) is 11.5 Å². The van der Waals surface area contributed by atoms with Crippen LogP contribution in [0.15, 0.2) is 28.7 Å². The molecule has 70 heavy (non-hydrogen) atoms. The van der Waals surface area contributed by atoms with Gasteiger partial charge in [0.25, 0.3) is 0 Å². The van der Waals surface area contributed by atoms with Crippen LogP contribution in [0.4, 0.5) is 0 Å². The molecule has 3 unspecified atom stereocenters. The van der Waals surface area contributed by atoms with E-state index in [4.69, 9.17) is 61.3 Å². The van der Waals surface area contributed by atoms with Crippen molar-refractivity contribution < 1.29 is 123 Å². The molecule has 392 valence electrons. The third kappa shape index (κ3) is 25.1. The van der Waals surface area contributed by atoms with E-state index in [1.807, 2.05) is 0 Å². The van der Waals surface area contributed by atoms with Crippen molar-refractivity contribution in [3.05, 3.63) is 45.5 Å². The van der Waals surface area contributed by atoms with Crippen molar-refractivity contribution in [2.75, 3.05) is 0 Å². The van der Waals surface area contributed by atoms with Gasteiger partial charge in [0.1, 0.15) is 9.75 Å². The van der Waals surface area contributed by atoms with Gasteiger partial charge in [0.05, 0.1) is 23.2 Å². The minimum Gasteiger partial charge on any atom is -0.481 e. The first-order valence-corrected chi connectivity index (χ1v) is 21.9. The van der Waals surface area contributed by atoms with Crippen molar-refractivity contribution in [2.45, 2.75) is 118 Å². The van der Waals surface area contributed by atoms with Crippen molar-refractivity contribution >= 4 is 83.0 Å². The normalized spacial score (nSPS) is 18.6. The molecular weight excluding hydrogens is 961 g/mol. The Morgan fingerprint density at radius 2 is 0.914 bits per heavy atom. The highest BCUT2D eigenvalue weighted by atomic mass is 32.1. The molecule has 0 aromatic carbocycles. The number of rotatable bonds is 19. The van der Waals surface area contributed by atoms with Crippen LogP contribution in [-0.2, 0) is 38.4 Å². The fourth-order valence-corrected chi connectivity index (χ4v) is 7.22. The summed E-state index contributed by atoms with van der Waals surface area (Å²) in [5.74, 6) is -13.5. The van der Waals surface area contributed by atoms with E-state index in [2.05, 4.69) is 4.42 Å². The molecule has 2 aromatic heterocycles. The molecule has 4 rings (SSSR count). The van der Waals surface area contributed by atoms with Gasteiger partial charge in [-0.2, -0.15) is 0 Å². The number of carboxylic acid groups (broad SMARTS) is 12. The number of carboxylic acids is 12. The van der Waals surface area contributed by atoms with Crippen LogP contribution in [0, 0.1) is 34.5 Å². The average Bonchev–Trinajstić information content (AvgIpc) is 4.00. The predicted octanol–water partition coefficient (Wildman–Crippen LogP) is 6.45. The summed E-state index contributed by atoms with van der Waals surface area (Å²) in [6.45, 7) is 6.83. The zero-order valence-corrected chi connectivity index (χ0v) is 39.4. The Kier molecular flexibility index (Phi) is 29.2. The van der Waals surface area contributed by atoms with Gasteiger partial charge in [-0.05, 0) is 100 Å². The number of carbonyl (C=O) groups is 12. The maximum Gasteiger partial charge on any atom is 0.371 e. The third-order valence-electron chi connectivity index (χ3n) is 11.1. The maximum absolute atomic E-state index is 11.1. The van der Waals surface area contributed by atoms with Gasteiger partial charge >= 0.3 is 71.6 Å². The zero-order chi connectivity index (χ0) is 54.7. The topological polar surface area (TPSA) is 461 Å². The number of aromatic carboxylic acids is 4. The molecule has 2 saturated carbocycles. The van der Waals surface area contributed by atoms with Gasteiger partial charge in [-0.1, -0.05) is 27.2 Å². The Labute approximate surface area is 403 Å². The highest BCUT2D eigenvalue weighted by molar-refractivity contribution is 7.15. The first kappa shape index (κ1) is 64.7. The highest BCUT2D eigenvalue weighted by Crippen LogP contribution is 2.56. The van der Waals surface area contributed by atoms with Crippen LogP contribution in [0.25, 0.3) is 0 Å². The number of hydrogen-bond donors (Lipinski definition) is 12. The summed E-state index contributed by atoms with van der Waals surface area (Å²) < 4.78 is 4.41. The standard InChI is InChI=1S/C10H16O4.C8H12O4.2C7H12O4.C6H4O5.C6H4O4S/c1-9(2)6(7(11)12)4-5-10(9,3)8(13)14;9-7(10)5-1-2-6(4-3-5)8(11)12;1-5(4-7(10)11)2-3-6(8)9;8-6(9)4-2-1-3-5-7(10)11;2*7-5(8)3-1-2-4(11-3)6(9)10/h6H,4-5H2,1-3H3,(H,11,12)(H,13,14);5-6H,1-4H2,(H,9,10)(H,11,12);5H,2-4H2,1H3,(H,8,9)(H,10,11);1-5H2,(H,8,9)(H,10,11);2*1-2H,(H,7,8)(H,9,10). The number of furan rings is 1. The van der Waals surface area contributed by atoms with Crippen molar-refractivity contribution in [1.82, 2.24) is 0 Å². The molecule has 2 aliphatic rings. The summed E-state index contributed by atoms with van der Waals surface area (Å²) in [5.41, 5.74) is -1.61. The van der Waals surface area contributed by atoms with Gasteiger partial charge < -0.3 is 65.7 Å². The van der Waals surface area contributed by atoms with Crippen LogP contribution in [-0.4, -0.2) is 133 Å². The summed E-state index contributed by atoms with van der Waals surface area (Å²) in [6.07, 6.45) is 5.54. The van der Waals surface area contributed by atoms with Crippen molar-refractivity contribution in [3.8, 4) is 0 Å². The predicted molar refractivity (Wildman–Crippen MR) is 238 cm³/mol.